The molecule has 21 heavy (non-hydrogen) atoms. The number of hydrogen-bond acceptors (Lipinski definition) is 3. The number of allylic oxidation sites excluding steroid dienone is 4. The maximum atomic E-state index is 12.4. The minimum Gasteiger partial charge on any atom is -0.465 e. The number of hydrogen-bond donors (Lipinski definition) is 0. The zero-order valence-electron chi connectivity index (χ0n) is 12.3. The Morgan fingerprint density at radius 2 is 1.90 bits per heavy atom. The van der Waals surface area contributed by atoms with Crippen LogP contribution in [0, 0.1) is 0 Å². The first-order valence-electron chi connectivity index (χ1n) is 7.30. The van der Waals surface area contributed by atoms with Crippen LogP contribution in [-0.4, -0.2) is 11.6 Å². The third-order valence-electron chi connectivity index (χ3n) is 4.15. The van der Waals surface area contributed by atoms with Gasteiger partial charge in [-0.1, -0.05) is 30.3 Å². The van der Waals surface area contributed by atoms with Crippen molar-refractivity contribution in [1.29, 1.82) is 0 Å². The third-order valence-corrected chi connectivity index (χ3v) is 4.15. The lowest BCUT2D eigenvalue weighted by atomic mass is 9.76. The van der Waals surface area contributed by atoms with E-state index in [1.807, 2.05) is 37.3 Å². The average Bonchev–Trinajstić information content (AvgIpc) is 2.46. The standard InChI is InChI=1S/C18H18O3/c1-11(19)16-12(2)21-15-10-6-9-14(20)18(15)17(16)13-7-4-3-5-8-13/h3-5,7-8,17H,6,9-10H2,1-2H3. The van der Waals surface area contributed by atoms with Crippen molar-refractivity contribution in [2.75, 3.05) is 0 Å². The van der Waals surface area contributed by atoms with Crippen LogP contribution in [0.1, 0.15) is 44.6 Å². The highest BCUT2D eigenvalue weighted by atomic mass is 16.5. The summed E-state index contributed by atoms with van der Waals surface area (Å²) in [6, 6.07) is 9.75. The van der Waals surface area contributed by atoms with E-state index in [-0.39, 0.29) is 17.5 Å². The van der Waals surface area contributed by atoms with Crippen molar-refractivity contribution in [2.45, 2.75) is 39.0 Å². The minimum atomic E-state index is -0.278. The van der Waals surface area contributed by atoms with E-state index in [0.717, 1.165) is 24.2 Å². The van der Waals surface area contributed by atoms with Gasteiger partial charge in [-0.05, 0) is 25.8 Å². The summed E-state index contributed by atoms with van der Waals surface area (Å²) in [6.45, 7) is 3.35. The summed E-state index contributed by atoms with van der Waals surface area (Å²) in [6.07, 6.45) is 2.13. The fourth-order valence-electron chi connectivity index (χ4n) is 3.28. The molecular weight excluding hydrogens is 264 g/mol. The van der Waals surface area contributed by atoms with Crippen LogP contribution < -0.4 is 0 Å². The second-order valence-corrected chi connectivity index (χ2v) is 5.59. The Bertz CT molecular complexity index is 665. The lowest BCUT2D eigenvalue weighted by Crippen LogP contribution is -2.27. The Morgan fingerprint density at radius 1 is 1.19 bits per heavy atom. The van der Waals surface area contributed by atoms with Crippen molar-refractivity contribution in [2.24, 2.45) is 0 Å². The number of benzene rings is 1. The third kappa shape index (κ3) is 2.33. The molecular formula is C18H18O3. The first-order valence-corrected chi connectivity index (χ1v) is 7.30. The Hall–Kier alpha value is -2.16. The zero-order chi connectivity index (χ0) is 15.0. The molecule has 0 amide bonds. The van der Waals surface area contributed by atoms with E-state index in [0.29, 0.717) is 23.3 Å². The van der Waals surface area contributed by atoms with Crippen LogP contribution in [0.3, 0.4) is 0 Å². The van der Waals surface area contributed by atoms with Crippen LogP contribution >= 0.6 is 0 Å². The highest BCUT2D eigenvalue weighted by Crippen LogP contribution is 2.44. The maximum Gasteiger partial charge on any atom is 0.163 e. The molecule has 0 N–H and O–H groups in total. The van der Waals surface area contributed by atoms with Gasteiger partial charge >= 0.3 is 0 Å². The molecule has 0 radical (unpaired) electrons. The molecule has 0 aromatic heterocycles. The topological polar surface area (TPSA) is 43.4 Å². The van der Waals surface area contributed by atoms with Crippen LogP contribution in [0.2, 0.25) is 0 Å². The molecule has 1 aromatic rings. The lowest BCUT2D eigenvalue weighted by Gasteiger charge is -2.33. The van der Waals surface area contributed by atoms with Crippen molar-refractivity contribution < 1.29 is 14.3 Å². The van der Waals surface area contributed by atoms with Crippen LogP contribution in [0.15, 0.2) is 53.0 Å². The van der Waals surface area contributed by atoms with Gasteiger partial charge in [0.15, 0.2) is 11.6 Å². The fraction of sp³-hybridized carbons (Fsp3) is 0.333. The normalized spacial score (nSPS) is 22.0. The number of carbonyl (C=O) groups excluding carboxylic acids is 2. The van der Waals surface area contributed by atoms with Gasteiger partial charge in [0, 0.05) is 29.9 Å². The molecule has 0 spiro atoms. The van der Waals surface area contributed by atoms with E-state index < -0.39 is 0 Å². The highest BCUT2D eigenvalue weighted by molar-refractivity contribution is 6.04. The van der Waals surface area contributed by atoms with Gasteiger partial charge in [-0.2, -0.15) is 0 Å². The number of ketones is 2. The first kappa shape index (κ1) is 13.8. The largest absolute Gasteiger partial charge is 0.465 e. The van der Waals surface area contributed by atoms with E-state index in [2.05, 4.69) is 0 Å². The van der Waals surface area contributed by atoms with Gasteiger partial charge in [0.05, 0.1) is 0 Å². The van der Waals surface area contributed by atoms with Gasteiger partial charge in [0.1, 0.15) is 11.5 Å². The quantitative estimate of drug-likeness (QED) is 0.831. The zero-order valence-corrected chi connectivity index (χ0v) is 12.3. The van der Waals surface area contributed by atoms with Crippen molar-refractivity contribution in [3.63, 3.8) is 0 Å². The molecule has 0 saturated carbocycles. The molecule has 1 aliphatic carbocycles. The van der Waals surface area contributed by atoms with Gasteiger partial charge in [-0.3, -0.25) is 9.59 Å². The van der Waals surface area contributed by atoms with Crippen molar-refractivity contribution in [3.8, 4) is 0 Å². The molecule has 1 unspecified atom stereocenters. The lowest BCUT2D eigenvalue weighted by molar-refractivity contribution is -0.116. The van der Waals surface area contributed by atoms with Crippen LogP contribution in [0.25, 0.3) is 0 Å². The molecule has 1 heterocycles. The molecule has 3 rings (SSSR count). The number of rotatable bonds is 2. The Morgan fingerprint density at radius 3 is 2.57 bits per heavy atom. The maximum absolute atomic E-state index is 12.4. The summed E-state index contributed by atoms with van der Waals surface area (Å²) in [5.74, 6) is 1.18. The Labute approximate surface area is 124 Å². The summed E-state index contributed by atoms with van der Waals surface area (Å²) in [5.41, 5.74) is 2.27. The van der Waals surface area contributed by atoms with E-state index in [1.54, 1.807) is 0 Å². The second kappa shape index (κ2) is 5.32. The number of carbonyl (C=O) groups is 2. The minimum absolute atomic E-state index is 0.0359. The summed E-state index contributed by atoms with van der Waals surface area (Å²) >= 11 is 0. The Balaban J connectivity index is 2.20. The smallest absolute Gasteiger partial charge is 0.163 e. The van der Waals surface area contributed by atoms with E-state index in [1.165, 1.54) is 6.92 Å². The average molecular weight is 282 g/mol. The van der Waals surface area contributed by atoms with Gasteiger partial charge in [0.25, 0.3) is 0 Å². The summed E-state index contributed by atoms with van der Waals surface area (Å²) in [4.78, 5) is 24.5. The van der Waals surface area contributed by atoms with E-state index >= 15 is 0 Å². The molecule has 3 heteroatoms. The molecule has 2 aliphatic rings. The summed E-state index contributed by atoms with van der Waals surface area (Å²) in [7, 11) is 0. The van der Waals surface area contributed by atoms with Crippen LogP contribution in [-0.2, 0) is 14.3 Å². The highest BCUT2D eigenvalue weighted by Gasteiger charge is 2.38. The van der Waals surface area contributed by atoms with Crippen molar-refractivity contribution >= 4 is 11.6 Å². The first-order chi connectivity index (χ1) is 10.1. The summed E-state index contributed by atoms with van der Waals surface area (Å²) in [5, 5.41) is 0. The number of ether oxygens (including phenoxy) is 1. The van der Waals surface area contributed by atoms with Gasteiger partial charge in [-0.25, -0.2) is 0 Å². The molecule has 108 valence electrons. The van der Waals surface area contributed by atoms with Crippen molar-refractivity contribution in [1.82, 2.24) is 0 Å². The van der Waals surface area contributed by atoms with Gasteiger partial charge in [-0.15, -0.1) is 0 Å². The molecule has 1 atom stereocenters. The molecule has 1 aliphatic heterocycles. The molecule has 1 aromatic carbocycles. The van der Waals surface area contributed by atoms with E-state index in [4.69, 9.17) is 4.74 Å². The number of Topliss-reactive ketones (excluding diaryl/α,β-unsaturated/α-hetero) is 2. The van der Waals surface area contributed by atoms with Crippen LogP contribution in [0.5, 0.6) is 0 Å². The van der Waals surface area contributed by atoms with Crippen molar-refractivity contribution in [3.05, 3.63) is 58.6 Å². The Kier molecular flexibility index (Phi) is 3.50. The molecule has 0 bridgehead atoms. The molecule has 3 nitrogen and oxygen atoms in total. The SMILES string of the molecule is CC(=O)C1=C(C)OC2=C(C(=O)CCC2)C1c1ccccc1. The fourth-order valence-corrected chi connectivity index (χ4v) is 3.28. The predicted octanol–water partition coefficient (Wildman–Crippen LogP) is 3.67. The second-order valence-electron chi connectivity index (χ2n) is 5.59. The van der Waals surface area contributed by atoms with Gasteiger partial charge in [0.2, 0.25) is 0 Å². The van der Waals surface area contributed by atoms with Gasteiger partial charge < -0.3 is 4.74 Å². The summed E-state index contributed by atoms with van der Waals surface area (Å²) < 4.78 is 5.80. The monoisotopic (exact) mass is 282 g/mol. The molecule has 0 fully saturated rings. The molecule has 0 saturated heterocycles. The van der Waals surface area contributed by atoms with E-state index in [9.17, 15) is 9.59 Å². The van der Waals surface area contributed by atoms with Crippen LogP contribution in [0.4, 0.5) is 0 Å². The predicted molar refractivity (Wildman–Crippen MR) is 79.5 cm³/mol.